The van der Waals surface area contributed by atoms with Crippen molar-refractivity contribution in [3.05, 3.63) is 54.1 Å². The SMILES string of the molecule is C=C1C=CCC2C(=O)N(c3ccc(C)cc3)C(=O)C12. The van der Waals surface area contributed by atoms with Crippen LogP contribution in [0.4, 0.5) is 5.69 Å². The van der Waals surface area contributed by atoms with E-state index in [2.05, 4.69) is 6.58 Å². The molecule has 0 radical (unpaired) electrons. The average Bonchev–Trinajstić information content (AvgIpc) is 2.65. The Kier molecular flexibility index (Phi) is 2.63. The number of fused-ring (bicyclic) bond motifs is 1. The van der Waals surface area contributed by atoms with E-state index in [0.29, 0.717) is 12.1 Å². The predicted octanol–water partition coefficient (Wildman–Crippen LogP) is 2.62. The van der Waals surface area contributed by atoms with Crippen molar-refractivity contribution in [1.29, 1.82) is 0 Å². The van der Waals surface area contributed by atoms with Crippen molar-refractivity contribution >= 4 is 17.5 Å². The number of allylic oxidation sites excluding steroid dienone is 2. The van der Waals surface area contributed by atoms with Gasteiger partial charge >= 0.3 is 0 Å². The summed E-state index contributed by atoms with van der Waals surface area (Å²) in [5.41, 5.74) is 2.50. The number of amides is 2. The zero-order valence-corrected chi connectivity index (χ0v) is 10.8. The summed E-state index contributed by atoms with van der Waals surface area (Å²) in [6.45, 7) is 5.87. The summed E-state index contributed by atoms with van der Waals surface area (Å²) in [5, 5.41) is 0. The second-order valence-corrected chi connectivity index (χ2v) is 5.14. The molecule has 3 rings (SSSR count). The molecular formula is C16H15NO2. The maximum atomic E-state index is 12.5. The molecule has 0 aromatic heterocycles. The van der Waals surface area contributed by atoms with Crippen LogP contribution in [0.15, 0.2) is 48.6 Å². The van der Waals surface area contributed by atoms with Gasteiger partial charge in [-0.15, -0.1) is 0 Å². The minimum Gasteiger partial charge on any atom is -0.274 e. The molecule has 1 saturated heterocycles. The lowest BCUT2D eigenvalue weighted by Crippen LogP contribution is -2.30. The molecule has 0 spiro atoms. The van der Waals surface area contributed by atoms with Gasteiger partial charge in [0.15, 0.2) is 0 Å². The molecule has 1 aromatic carbocycles. The van der Waals surface area contributed by atoms with Gasteiger partial charge in [0, 0.05) is 0 Å². The first-order valence-corrected chi connectivity index (χ1v) is 6.39. The summed E-state index contributed by atoms with van der Waals surface area (Å²) in [4.78, 5) is 26.2. The Balaban J connectivity index is 2.01. The van der Waals surface area contributed by atoms with Gasteiger partial charge in [0.1, 0.15) is 0 Å². The molecule has 0 bridgehead atoms. The molecule has 2 amide bonds. The van der Waals surface area contributed by atoms with E-state index in [-0.39, 0.29) is 23.7 Å². The van der Waals surface area contributed by atoms with E-state index in [1.165, 1.54) is 4.90 Å². The Hall–Kier alpha value is -2.16. The summed E-state index contributed by atoms with van der Waals surface area (Å²) in [6.07, 6.45) is 4.40. The lowest BCUT2D eigenvalue weighted by molar-refractivity contribution is -0.122. The third kappa shape index (κ3) is 1.73. The maximum Gasteiger partial charge on any atom is 0.242 e. The zero-order chi connectivity index (χ0) is 13.6. The van der Waals surface area contributed by atoms with E-state index >= 15 is 0 Å². The highest BCUT2D eigenvalue weighted by Gasteiger charge is 2.49. The normalized spacial score (nSPS) is 25.9. The topological polar surface area (TPSA) is 37.4 Å². The first-order valence-electron chi connectivity index (χ1n) is 6.39. The van der Waals surface area contributed by atoms with Gasteiger partial charge in [-0.25, -0.2) is 4.90 Å². The number of hydrogen-bond donors (Lipinski definition) is 0. The molecule has 2 atom stereocenters. The number of rotatable bonds is 1. The Labute approximate surface area is 112 Å². The summed E-state index contributed by atoms with van der Waals surface area (Å²) >= 11 is 0. The highest BCUT2D eigenvalue weighted by atomic mass is 16.2. The fourth-order valence-corrected chi connectivity index (χ4v) is 2.80. The van der Waals surface area contributed by atoms with Crippen molar-refractivity contribution < 1.29 is 9.59 Å². The Morgan fingerprint density at radius 2 is 1.84 bits per heavy atom. The standard InChI is InChI=1S/C16H15NO2/c1-10-6-8-12(9-7-10)17-15(18)13-5-3-4-11(2)14(13)16(17)19/h3-4,6-9,13-14H,2,5H2,1H3. The lowest BCUT2D eigenvalue weighted by Gasteiger charge is -2.17. The second kappa shape index (κ2) is 4.19. The van der Waals surface area contributed by atoms with Crippen molar-refractivity contribution in [2.45, 2.75) is 13.3 Å². The van der Waals surface area contributed by atoms with Crippen molar-refractivity contribution in [3.8, 4) is 0 Å². The van der Waals surface area contributed by atoms with Crippen LogP contribution in [0.2, 0.25) is 0 Å². The van der Waals surface area contributed by atoms with Gasteiger partial charge < -0.3 is 0 Å². The summed E-state index contributed by atoms with van der Waals surface area (Å²) in [6, 6.07) is 7.45. The fourth-order valence-electron chi connectivity index (χ4n) is 2.80. The van der Waals surface area contributed by atoms with Gasteiger partial charge in [0.05, 0.1) is 17.5 Å². The van der Waals surface area contributed by atoms with Crippen molar-refractivity contribution in [3.63, 3.8) is 0 Å². The minimum absolute atomic E-state index is 0.107. The highest BCUT2D eigenvalue weighted by molar-refractivity contribution is 6.23. The smallest absolute Gasteiger partial charge is 0.242 e. The van der Waals surface area contributed by atoms with Crippen LogP contribution in [0.5, 0.6) is 0 Å². The van der Waals surface area contributed by atoms with Crippen molar-refractivity contribution in [1.82, 2.24) is 0 Å². The highest BCUT2D eigenvalue weighted by Crippen LogP contribution is 2.39. The third-order valence-electron chi connectivity index (χ3n) is 3.84. The van der Waals surface area contributed by atoms with Crippen LogP contribution < -0.4 is 4.90 Å². The van der Waals surface area contributed by atoms with Gasteiger partial charge in [-0.3, -0.25) is 9.59 Å². The van der Waals surface area contributed by atoms with Crippen LogP contribution in [-0.2, 0) is 9.59 Å². The number of carbonyl (C=O) groups is 2. The lowest BCUT2D eigenvalue weighted by atomic mass is 9.82. The number of carbonyl (C=O) groups excluding carboxylic acids is 2. The van der Waals surface area contributed by atoms with Crippen molar-refractivity contribution in [2.75, 3.05) is 4.90 Å². The van der Waals surface area contributed by atoms with E-state index in [1.54, 1.807) is 0 Å². The molecule has 3 heteroatoms. The third-order valence-corrected chi connectivity index (χ3v) is 3.84. The van der Waals surface area contributed by atoms with E-state index in [1.807, 2.05) is 43.3 Å². The molecule has 19 heavy (non-hydrogen) atoms. The van der Waals surface area contributed by atoms with Gasteiger partial charge in [0.2, 0.25) is 11.8 Å². The molecule has 0 N–H and O–H groups in total. The van der Waals surface area contributed by atoms with Crippen molar-refractivity contribution in [2.24, 2.45) is 11.8 Å². The molecule has 1 aliphatic heterocycles. The van der Waals surface area contributed by atoms with Gasteiger partial charge in [0.25, 0.3) is 0 Å². The molecule has 2 aliphatic rings. The molecule has 96 valence electrons. The summed E-state index contributed by atoms with van der Waals surface area (Å²) < 4.78 is 0. The van der Waals surface area contributed by atoms with E-state index in [4.69, 9.17) is 0 Å². The molecule has 0 saturated carbocycles. The summed E-state index contributed by atoms with van der Waals surface area (Å²) in [7, 11) is 0. The van der Waals surface area contributed by atoms with Crippen LogP contribution in [0.25, 0.3) is 0 Å². The maximum absolute atomic E-state index is 12.5. The fraction of sp³-hybridized carbons (Fsp3) is 0.250. The molecule has 1 aliphatic carbocycles. The number of benzene rings is 1. The predicted molar refractivity (Wildman–Crippen MR) is 73.5 cm³/mol. The number of anilines is 1. The molecule has 3 nitrogen and oxygen atoms in total. The van der Waals surface area contributed by atoms with Crippen LogP contribution in [0, 0.1) is 18.8 Å². The van der Waals surface area contributed by atoms with Crippen LogP contribution in [0.3, 0.4) is 0 Å². The van der Waals surface area contributed by atoms with Crippen LogP contribution >= 0.6 is 0 Å². The number of aryl methyl sites for hydroxylation is 1. The zero-order valence-electron chi connectivity index (χ0n) is 10.8. The number of hydrogen-bond acceptors (Lipinski definition) is 2. The average molecular weight is 253 g/mol. The van der Waals surface area contributed by atoms with E-state index in [9.17, 15) is 9.59 Å². The minimum atomic E-state index is -0.376. The Morgan fingerprint density at radius 3 is 2.47 bits per heavy atom. The number of imide groups is 1. The number of nitrogens with zero attached hydrogens (tertiary/aromatic N) is 1. The monoisotopic (exact) mass is 253 g/mol. The molecule has 1 heterocycles. The van der Waals surface area contributed by atoms with E-state index < -0.39 is 0 Å². The molecule has 1 aromatic rings. The quantitative estimate of drug-likeness (QED) is 0.721. The van der Waals surface area contributed by atoms with Gasteiger partial charge in [-0.1, -0.05) is 36.4 Å². The molecular weight excluding hydrogens is 238 g/mol. The molecule has 2 unspecified atom stereocenters. The van der Waals surface area contributed by atoms with Crippen LogP contribution in [-0.4, -0.2) is 11.8 Å². The Morgan fingerprint density at radius 1 is 1.16 bits per heavy atom. The first kappa shape index (κ1) is 11.9. The van der Waals surface area contributed by atoms with Gasteiger partial charge in [-0.05, 0) is 31.1 Å². The van der Waals surface area contributed by atoms with E-state index in [0.717, 1.165) is 11.1 Å². The van der Waals surface area contributed by atoms with Crippen LogP contribution in [0.1, 0.15) is 12.0 Å². The first-order chi connectivity index (χ1) is 9.09. The Bertz CT molecular complexity index is 598. The summed E-state index contributed by atoms with van der Waals surface area (Å²) in [5.74, 6) is -0.900. The largest absolute Gasteiger partial charge is 0.274 e. The van der Waals surface area contributed by atoms with Gasteiger partial charge in [-0.2, -0.15) is 0 Å². The molecule has 1 fully saturated rings. The second-order valence-electron chi connectivity index (χ2n) is 5.14.